The van der Waals surface area contributed by atoms with Gasteiger partial charge in [0.15, 0.2) is 0 Å². The van der Waals surface area contributed by atoms with E-state index < -0.39 is 0 Å². The van der Waals surface area contributed by atoms with Crippen LogP contribution in [0.1, 0.15) is 28.8 Å². The number of hydrogen-bond donors (Lipinski definition) is 3. The third-order valence-electron chi connectivity index (χ3n) is 5.26. The second-order valence-electron chi connectivity index (χ2n) is 7.56. The van der Waals surface area contributed by atoms with Crippen molar-refractivity contribution in [3.8, 4) is 0 Å². The highest BCUT2D eigenvalue weighted by molar-refractivity contribution is 6.04. The second-order valence-corrected chi connectivity index (χ2v) is 7.56. The summed E-state index contributed by atoms with van der Waals surface area (Å²) in [5, 5.41) is 5.74. The molecule has 2 aromatic rings. The van der Waals surface area contributed by atoms with Gasteiger partial charge in [0, 0.05) is 13.1 Å². The minimum Gasteiger partial charge on any atom is -0.369 e. The molecule has 1 saturated heterocycles. The molecule has 3 rings (SSSR count). The fourth-order valence-electron chi connectivity index (χ4n) is 3.67. The smallest absolute Gasteiger partial charge is 0.253 e. The van der Waals surface area contributed by atoms with E-state index in [0.717, 1.165) is 31.4 Å². The number of carbonyl (C=O) groups excluding carboxylic acids is 3. The van der Waals surface area contributed by atoms with E-state index in [2.05, 4.69) is 10.6 Å². The molecule has 0 spiro atoms. The summed E-state index contributed by atoms with van der Waals surface area (Å²) in [6.45, 7) is 1.91. The molecule has 0 aromatic heterocycles. The molecule has 30 heavy (non-hydrogen) atoms. The number of likely N-dealkylation sites (tertiary alicyclic amines) is 1. The molecule has 1 aliphatic heterocycles. The van der Waals surface area contributed by atoms with Gasteiger partial charge >= 0.3 is 0 Å². The molecule has 1 fully saturated rings. The Labute approximate surface area is 176 Å². The summed E-state index contributed by atoms with van der Waals surface area (Å²) in [6.07, 6.45) is 2.33. The Hall–Kier alpha value is -3.19. The first-order valence-electron chi connectivity index (χ1n) is 10.3. The van der Waals surface area contributed by atoms with Crippen molar-refractivity contribution in [2.45, 2.75) is 19.3 Å². The maximum absolute atomic E-state index is 12.6. The van der Waals surface area contributed by atoms with E-state index in [1.54, 1.807) is 24.3 Å². The van der Waals surface area contributed by atoms with Crippen LogP contribution < -0.4 is 16.4 Å². The van der Waals surface area contributed by atoms with Crippen LogP contribution in [-0.4, -0.2) is 48.8 Å². The van der Waals surface area contributed by atoms with Crippen LogP contribution in [0, 0.1) is 5.92 Å². The molecule has 0 radical (unpaired) electrons. The maximum atomic E-state index is 12.6. The van der Waals surface area contributed by atoms with Gasteiger partial charge < -0.3 is 16.4 Å². The number of amides is 3. The van der Waals surface area contributed by atoms with Crippen molar-refractivity contribution in [2.75, 3.05) is 31.5 Å². The number of rotatable bonds is 8. The lowest BCUT2D eigenvalue weighted by Crippen LogP contribution is -2.44. The van der Waals surface area contributed by atoms with Gasteiger partial charge in [-0.2, -0.15) is 0 Å². The summed E-state index contributed by atoms with van der Waals surface area (Å²) in [5.41, 5.74) is 7.45. The maximum Gasteiger partial charge on any atom is 0.253 e. The summed E-state index contributed by atoms with van der Waals surface area (Å²) in [6, 6.07) is 16.9. The number of carbonyl (C=O) groups is 3. The molecule has 2 aromatic carbocycles. The van der Waals surface area contributed by atoms with Crippen LogP contribution in [0.25, 0.3) is 0 Å². The standard InChI is InChI=1S/C23H28N4O3/c24-22(29)18-9-6-14-27(15-18)16-21(28)26-20-11-5-4-10-19(20)23(30)25-13-12-17-7-2-1-3-8-17/h1-5,7-8,10-11,18H,6,9,12-16H2,(H2,24,29)(H,25,30)(H,26,28)/t18-/m1/s1. The number of anilines is 1. The van der Waals surface area contributed by atoms with E-state index in [-0.39, 0.29) is 30.2 Å². The average Bonchev–Trinajstić information content (AvgIpc) is 2.75. The van der Waals surface area contributed by atoms with Crippen LogP contribution in [0.5, 0.6) is 0 Å². The first-order chi connectivity index (χ1) is 14.5. The molecule has 158 valence electrons. The van der Waals surface area contributed by atoms with Crippen LogP contribution in [0.3, 0.4) is 0 Å². The molecule has 7 nitrogen and oxygen atoms in total. The Bertz CT molecular complexity index is 885. The third-order valence-corrected chi connectivity index (χ3v) is 5.26. The first-order valence-corrected chi connectivity index (χ1v) is 10.3. The number of para-hydroxylation sites is 1. The molecular formula is C23H28N4O3. The van der Waals surface area contributed by atoms with Crippen LogP contribution in [0.2, 0.25) is 0 Å². The van der Waals surface area contributed by atoms with E-state index in [1.807, 2.05) is 35.2 Å². The van der Waals surface area contributed by atoms with Gasteiger partial charge in [-0.15, -0.1) is 0 Å². The Balaban J connectivity index is 1.54. The van der Waals surface area contributed by atoms with Crippen LogP contribution in [0.4, 0.5) is 5.69 Å². The topological polar surface area (TPSA) is 105 Å². The molecular weight excluding hydrogens is 380 g/mol. The van der Waals surface area contributed by atoms with Gasteiger partial charge in [0.1, 0.15) is 0 Å². The highest BCUT2D eigenvalue weighted by Gasteiger charge is 2.25. The monoisotopic (exact) mass is 408 g/mol. The Kier molecular flexibility index (Phi) is 7.57. The zero-order valence-electron chi connectivity index (χ0n) is 17.0. The molecule has 7 heteroatoms. The van der Waals surface area contributed by atoms with Gasteiger partial charge in [-0.25, -0.2) is 0 Å². The number of piperidine rings is 1. The lowest BCUT2D eigenvalue weighted by atomic mass is 9.97. The molecule has 0 saturated carbocycles. The summed E-state index contributed by atoms with van der Waals surface area (Å²) in [5.74, 6) is -0.981. The van der Waals surface area contributed by atoms with Crippen molar-refractivity contribution in [3.05, 3.63) is 65.7 Å². The van der Waals surface area contributed by atoms with E-state index in [1.165, 1.54) is 0 Å². The molecule has 4 N–H and O–H groups in total. The van der Waals surface area contributed by atoms with E-state index >= 15 is 0 Å². The number of benzene rings is 2. The van der Waals surface area contributed by atoms with Gasteiger partial charge in [-0.3, -0.25) is 19.3 Å². The number of nitrogens with two attached hydrogens (primary N) is 1. The van der Waals surface area contributed by atoms with Crippen LogP contribution in [-0.2, 0) is 16.0 Å². The van der Waals surface area contributed by atoms with Crippen LogP contribution >= 0.6 is 0 Å². The molecule has 1 atom stereocenters. The normalized spacial score (nSPS) is 16.6. The van der Waals surface area contributed by atoms with Gasteiger partial charge in [-0.1, -0.05) is 42.5 Å². The van der Waals surface area contributed by atoms with E-state index in [0.29, 0.717) is 24.3 Å². The molecule has 0 aliphatic carbocycles. The minimum atomic E-state index is -0.322. The Morgan fingerprint density at radius 2 is 1.77 bits per heavy atom. The predicted molar refractivity (Wildman–Crippen MR) is 116 cm³/mol. The highest BCUT2D eigenvalue weighted by atomic mass is 16.2. The average molecular weight is 409 g/mol. The quantitative estimate of drug-likeness (QED) is 0.619. The van der Waals surface area contributed by atoms with Gasteiger partial charge in [0.2, 0.25) is 11.8 Å². The van der Waals surface area contributed by atoms with Gasteiger partial charge in [-0.05, 0) is 43.5 Å². The summed E-state index contributed by atoms with van der Waals surface area (Å²) in [4.78, 5) is 38.5. The number of nitrogens with zero attached hydrogens (tertiary/aromatic N) is 1. The van der Waals surface area contributed by atoms with Crippen molar-refractivity contribution in [1.82, 2.24) is 10.2 Å². The number of primary amides is 1. The fourth-order valence-corrected chi connectivity index (χ4v) is 3.67. The third kappa shape index (κ3) is 6.15. The zero-order chi connectivity index (χ0) is 21.3. The molecule has 1 aliphatic rings. The van der Waals surface area contributed by atoms with E-state index in [4.69, 9.17) is 5.73 Å². The van der Waals surface area contributed by atoms with Crippen molar-refractivity contribution in [1.29, 1.82) is 0 Å². The Morgan fingerprint density at radius 1 is 1.03 bits per heavy atom. The number of hydrogen-bond acceptors (Lipinski definition) is 4. The lowest BCUT2D eigenvalue weighted by Gasteiger charge is -2.30. The summed E-state index contributed by atoms with van der Waals surface area (Å²) in [7, 11) is 0. The highest BCUT2D eigenvalue weighted by Crippen LogP contribution is 2.18. The SMILES string of the molecule is NC(=O)[C@@H]1CCCN(CC(=O)Nc2ccccc2C(=O)NCCc2ccccc2)C1. The Morgan fingerprint density at radius 3 is 2.53 bits per heavy atom. The van der Waals surface area contributed by atoms with Crippen molar-refractivity contribution in [2.24, 2.45) is 11.7 Å². The van der Waals surface area contributed by atoms with Gasteiger partial charge in [0.05, 0.1) is 23.7 Å². The van der Waals surface area contributed by atoms with E-state index in [9.17, 15) is 14.4 Å². The van der Waals surface area contributed by atoms with Crippen molar-refractivity contribution >= 4 is 23.4 Å². The molecule has 0 unspecified atom stereocenters. The second kappa shape index (κ2) is 10.5. The summed E-state index contributed by atoms with van der Waals surface area (Å²) >= 11 is 0. The largest absolute Gasteiger partial charge is 0.369 e. The molecule has 3 amide bonds. The van der Waals surface area contributed by atoms with Crippen molar-refractivity contribution < 1.29 is 14.4 Å². The van der Waals surface area contributed by atoms with Crippen LogP contribution in [0.15, 0.2) is 54.6 Å². The van der Waals surface area contributed by atoms with Crippen molar-refractivity contribution in [3.63, 3.8) is 0 Å². The zero-order valence-corrected chi connectivity index (χ0v) is 17.0. The number of nitrogens with one attached hydrogen (secondary N) is 2. The minimum absolute atomic E-state index is 0.160. The fraction of sp³-hybridized carbons (Fsp3) is 0.348. The first kappa shape index (κ1) is 21.5. The molecule has 1 heterocycles. The predicted octanol–water partition coefficient (Wildman–Crippen LogP) is 1.79. The summed E-state index contributed by atoms with van der Waals surface area (Å²) < 4.78 is 0. The lowest BCUT2D eigenvalue weighted by molar-refractivity contribution is -0.125. The molecule has 0 bridgehead atoms. The van der Waals surface area contributed by atoms with Gasteiger partial charge in [0.25, 0.3) is 5.91 Å².